The highest BCUT2D eigenvalue weighted by Gasteiger charge is 2.23. The molecule has 0 saturated heterocycles. The zero-order chi connectivity index (χ0) is 20.9. The van der Waals surface area contributed by atoms with Crippen molar-refractivity contribution in [1.29, 1.82) is 0 Å². The number of fused-ring (bicyclic) bond motifs is 2. The lowest BCUT2D eigenvalue weighted by Gasteiger charge is -2.17. The van der Waals surface area contributed by atoms with Gasteiger partial charge in [-0.2, -0.15) is 0 Å². The van der Waals surface area contributed by atoms with Crippen LogP contribution in [0.4, 0.5) is 10.5 Å². The van der Waals surface area contributed by atoms with Crippen LogP contribution in [-0.2, 0) is 17.6 Å². The number of benzene rings is 2. The first-order valence-electron chi connectivity index (χ1n) is 10.6. The quantitative estimate of drug-likeness (QED) is 0.525. The molecule has 1 aromatic heterocycles. The van der Waals surface area contributed by atoms with Crippen molar-refractivity contribution in [2.75, 3.05) is 24.5 Å². The molecular formula is C24H28N4O2. The Hall–Kier alpha value is -3.28. The number of para-hydroxylation sites is 2. The molecule has 6 nitrogen and oxygen atoms in total. The smallest absolute Gasteiger partial charge is 0.314 e. The molecule has 0 atom stereocenters. The summed E-state index contributed by atoms with van der Waals surface area (Å²) in [6.07, 6.45) is 2.75. The van der Waals surface area contributed by atoms with Crippen LogP contribution in [-0.4, -0.2) is 36.6 Å². The van der Waals surface area contributed by atoms with Gasteiger partial charge in [0.1, 0.15) is 0 Å². The number of rotatable bonds is 7. The lowest BCUT2D eigenvalue weighted by Crippen LogP contribution is -2.37. The van der Waals surface area contributed by atoms with Crippen LogP contribution < -0.4 is 15.5 Å². The van der Waals surface area contributed by atoms with Crippen molar-refractivity contribution >= 4 is 28.5 Å². The summed E-state index contributed by atoms with van der Waals surface area (Å²) < 4.78 is 0. The van der Waals surface area contributed by atoms with Gasteiger partial charge in [-0.15, -0.1) is 0 Å². The maximum absolute atomic E-state index is 12.5. The van der Waals surface area contributed by atoms with Crippen LogP contribution in [0, 0.1) is 6.92 Å². The highest BCUT2D eigenvalue weighted by molar-refractivity contribution is 5.95. The maximum Gasteiger partial charge on any atom is 0.314 e. The fraction of sp³-hybridized carbons (Fsp3) is 0.333. The van der Waals surface area contributed by atoms with E-state index in [1.165, 1.54) is 16.5 Å². The lowest BCUT2D eigenvalue weighted by atomic mass is 10.1. The van der Waals surface area contributed by atoms with Gasteiger partial charge in [0.05, 0.1) is 0 Å². The number of hydrogen-bond acceptors (Lipinski definition) is 2. The summed E-state index contributed by atoms with van der Waals surface area (Å²) in [6.45, 7) is 3.86. The Morgan fingerprint density at radius 3 is 2.70 bits per heavy atom. The number of carbonyl (C=O) groups is 2. The standard InChI is InChI=1S/C24H28N4O2/c1-17-19(20-8-3-4-9-21(20)27-17)12-15-26-24(30)25-14-6-11-23(29)28-16-13-18-7-2-5-10-22(18)28/h2-5,7-10,27H,6,11-16H2,1H3,(H2,25,26,30). The zero-order valence-corrected chi connectivity index (χ0v) is 17.3. The van der Waals surface area contributed by atoms with E-state index in [0.29, 0.717) is 25.9 Å². The van der Waals surface area contributed by atoms with Crippen LogP contribution in [0.25, 0.3) is 10.9 Å². The monoisotopic (exact) mass is 404 g/mol. The minimum absolute atomic E-state index is 0.122. The minimum atomic E-state index is -0.188. The molecule has 0 unspecified atom stereocenters. The Balaban J connectivity index is 1.16. The maximum atomic E-state index is 12.5. The first-order valence-corrected chi connectivity index (χ1v) is 10.6. The molecule has 0 saturated carbocycles. The Labute approximate surface area is 176 Å². The average Bonchev–Trinajstić information content (AvgIpc) is 3.32. The molecule has 6 heteroatoms. The first kappa shape index (κ1) is 20.0. The second-order valence-corrected chi connectivity index (χ2v) is 7.73. The predicted molar refractivity (Wildman–Crippen MR) is 120 cm³/mol. The molecule has 0 radical (unpaired) electrons. The van der Waals surface area contributed by atoms with Crippen molar-refractivity contribution in [1.82, 2.24) is 15.6 Å². The third-order valence-corrected chi connectivity index (χ3v) is 5.73. The number of H-pyrrole nitrogens is 1. The average molecular weight is 405 g/mol. The SMILES string of the molecule is Cc1[nH]c2ccccc2c1CCNC(=O)NCCCC(=O)N1CCc2ccccc21. The van der Waals surface area contributed by atoms with Crippen molar-refractivity contribution < 1.29 is 9.59 Å². The van der Waals surface area contributed by atoms with Crippen LogP contribution in [0.2, 0.25) is 0 Å². The van der Waals surface area contributed by atoms with Crippen molar-refractivity contribution in [3.63, 3.8) is 0 Å². The van der Waals surface area contributed by atoms with Gasteiger partial charge in [-0.3, -0.25) is 4.79 Å². The van der Waals surface area contributed by atoms with Crippen LogP contribution in [0.15, 0.2) is 48.5 Å². The molecule has 3 N–H and O–H groups in total. The molecular weight excluding hydrogens is 376 g/mol. The van der Waals surface area contributed by atoms with E-state index in [9.17, 15) is 9.59 Å². The number of carbonyl (C=O) groups excluding carboxylic acids is 2. The van der Waals surface area contributed by atoms with Gasteiger partial charge in [0.25, 0.3) is 0 Å². The summed E-state index contributed by atoms with van der Waals surface area (Å²) in [4.78, 5) is 29.8. The summed E-state index contributed by atoms with van der Waals surface area (Å²) in [5.74, 6) is 0.122. The number of aryl methyl sites for hydroxylation is 1. The van der Waals surface area contributed by atoms with E-state index < -0.39 is 0 Å². The fourth-order valence-electron chi connectivity index (χ4n) is 4.19. The van der Waals surface area contributed by atoms with E-state index in [1.54, 1.807) is 0 Å². The summed E-state index contributed by atoms with van der Waals surface area (Å²) in [6, 6.07) is 16.1. The number of nitrogens with one attached hydrogen (secondary N) is 3. The van der Waals surface area contributed by atoms with Gasteiger partial charge in [0, 0.05) is 48.3 Å². The van der Waals surface area contributed by atoms with Gasteiger partial charge in [-0.05, 0) is 49.4 Å². The van der Waals surface area contributed by atoms with E-state index in [4.69, 9.17) is 0 Å². The third kappa shape index (κ3) is 4.32. The number of nitrogens with zero attached hydrogens (tertiary/aromatic N) is 1. The second-order valence-electron chi connectivity index (χ2n) is 7.73. The molecule has 0 bridgehead atoms. The second kappa shape index (κ2) is 9.03. The molecule has 4 rings (SSSR count). The molecule has 0 fully saturated rings. The number of aromatic nitrogens is 1. The number of urea groups is 1. The predicted octanol–water partition coefficient (Wildman–Crippen LogP) is 3.69. The molecule has 156 valence electrons. The van der Waals surface area contributed by atoms with E-state index in [2.05, 4.69) is 40.7 Å². The van der Waals surface area contributed by atoms with E-state index in [1.807, 2.05) is 35.2 Å². The van der Waals surface area contributed by atoms with Gasteiger partial charge in [-0.25, -0.2) is 4.79 Å². The normalized spacial score (nSPS) is 12.8. The molecule has 3 aromatic rings. The molecule has 1 aliphatic rings. The van der Waals surface area contributed by atoms with Crippen LogP contribution in [0.5, 0.6) is 0 Å². The van der Waals surface area contributed by atoms with Crippen molar-refractivity contribution in [3.8, 4) is 0 Å². The summed E-state index contributed by atoms with van der Waals surface area (Å²) >= 11 is 0. The largest absolute Gasteiger partial charge is 0.358 e. The molecule has 0 aliphatic carbocycles. The molecule has 2 aromatic carbocycles. The number of hydrogen-bond donors (Lipinski definition) is 3. The minimum Gasteiger partial charge on any atom is -0.358 e. The van der Waals surface area contributed by atoms with Gasteiger partial charge < -0.3 is 20.5 Å². The highest BCUT2D eigenvalue weighted by atomic mass is 16.2. The number of anilines is 1. The molecule has 1 aliphatic heterocycles. The van der Waals surface area contributed by atoms with E-state index >= 15 is 0 Å². The number of amides is 3. The third-order valence-electron chi connectivity index (χ3n) is 5.73. The highest BCUT2D eigenvalue weighted by Crippen LogP contribution is 2.28. The summed E-state index contributed by atoms with van der Waals surface area (Å²) in [5.41, 5.74) is 5.76. The first-order chi connectivity index (χ1) is 14.6. The lowest BCUT2D eigenvalue weighted by molar-refractivity contribution is -0.118. The topological polar surface area (TPSA) is 77.2 Å². The zero-order valence-electron chi connectivity index (χ0n) is 17.3. The summed E-state index contributed by atoms with van der Waals surface area (Å²) in [5, 5.41) is 6.97. The van der Waals surface area contributed by atoms with Crippen LogP contribution >= 0.6 is 0 Å². The molecule has 2 heterocycles. The van der Waals surface area contributed by atoms with Gasteiger partial charge >= 0.3 is 6.03 Å². The van der Waals surface area contributed by atoms with Gasteiger partial charge in [0.15, 0.2) is 0 Å². The number of aromatic amines is 1. The van der Waals surface area contributed by atoms with Crippen LogP contribution in [0.1, 0.15) is 29.7 Å². The molecule has 30 heavy (non-hydrogen) atoms. The molecule has 0 spiro atoms. The summed E-state index contributed by atoms with van der Waals surface area (Å²) in [7, 11) is 0. The fourth-order valence-corrected chi connectivity index (χ4v) is 4.19. The van der Waals surface area contributed by atoms with Crippen molar-refractivity contribution in [2.24, 2.45) is 0 Å². The Morgan fingerprint density at radius 1 is 1.03 bits per heavy atom. The van der Waals surface area contributed by atoms with Gasteiger partial charge in [-0.1, -0.05) is 36.4 Å². The van der Waals surface area contributed by atoms with Crippen LogP contribution in [0.3, 0.4) is 0 Å². The Bertz CT molecular complexity index is 1060. The van der Waals surface area contributed by atoms with Crippen molar-refractivity contribution in [3.05, 3.63) is 65.4 Å². The van der Waals surface area contributed by atoms with E-state index in [-0.39, 0.29) is 11.9 Å². The Morgan fingerprint density at radius 2 is 1.80 bits per heavy atom. The van der Waals surface area contributed by atoms with Crippen molar-refractivity contribution in [2.45, 2.75) is 32.6 Å². The Kier molecular flexibility index (Phi) is 6.02. The van der Waals surface area contributed by atoms with E-state index in [0.717, 1.165) is 36.3 Å². The van der Waals surface area contributed by atoms with Gasteiger partial charge in [0.2, 0.25) is 5.91 Å². The molecule has 3 amide bonds.